The zero-order valence-electron chi connectivity index (χ0n) is 11.0. The van der Waals surface area contributed by atoms with Crippen LogP contribution in [0.3, 0.4) is 0 Å². The average molecular weight is 273 g/mol. The highest BCUT2D eigenvalue weighted by atomic mass is 16.6. The van der Waals surface area contributed by atoms with Gasteiger partial charge < -0.3 is 10.4 Å². The van der Waals surface area contributed by atoms with Gasteiger partial charge in [-0.3, -0.25) is 10.1 Å². The number of benzene rings is 1. The maximum atomic E-state index is 11.0. The van der Waals surface area contributed by atoms with Crippen LogP contribution in [0.5, 0.6) is 0 Å². The second-order valence-electron chi connectivity index (χ2n) is 4.41. The van der Waals surface area contributed by atoms with Crippen LogP contribution in [0.1, 0.15) is 16.7 Å². The lowest BCUT2D eigenvalue weighted by Crippen LogP contribution is -2.05. The molecule has 1 heterocycles. The van der Waals surface area contributed by atoms with Gasteiger partial charge in [0.1, 0.15) is 0 Å². The molecule has 0 unspecified atom stereocenters. The molecule has 2 aromatic rings. The number of nitro groups is 1. The van der Waals surface area contributed by atoms with E-state index in [-0.39, 0.29) is 18.1 Å². The zero-order valence-corrected chi connectivity index (χ0v) is 11.0. The van der Waals surface area contributed by atoms with Crippen LogP contribution in [-0.2, 0) is 13.2 Å². The standard InChI is InChI=1S/C14H15N3O3/c1-10-6-7-15-14(13(10)17(19)20)16-8-11-2-4-12(9-18)5-3-11/h2-7,18H,8-9H2,1H3,(H,15,16). The number of nitrogens with one attached hydrogen (secondary N) is 1. The average Bonchev–Trinajstić information content (AvgIpc) is 2.45. The van der Waals surface area contributed by atoms with Gasteiger partial charge in [0.2, 0.25) is 5.82 Å². The smallest absolute Gasteiger partial charge is 0.314 e. The van der Waals surface area contributed by atoms with Crippen molar-refractivity contribution >= 4 is 11.5 Å². The van der Waals surface area contributed by atoms with Gasteiger partial charge in [0.05, 0.1) is 11.5 Å². The minimum atomic E-state index is -0.431. The van der Waals surface area contributed by atoms with Gasteiger partial charge in [-0.2, -0.15) is 0 Å². The topological polar surface area (TPSA) is 88.3 Å². The number of pyridine rings is 1. The van der Waals surface area contributed by atoms with Crippen LogP contribution in [0.2, 0.25) is 0 Å². The highest BCUT2D eigenvalue weighted by Crippen LogP contribution is 2.25. The van der Waals surface area contributed by atoms with Gasteiger partial charge in [0.15, 0.2) is 0 Å². The summed E-state index contributed by atoms with van der Waals surface area (Å²) in [5.74, 6) is 0.265. The number of anilines is 1. The first-order valence-corrected chi connectivity index (χ1v) is 6.14. The maximum Gasteiger partial charge on any atom is 0.314 e. The van der Waals surface area contributed by atoms with Crippen molar-refractivity contribution in [3.63, 3.8) is 0 Å². The van der Waals surface area contributed by atoms with Gasteiger partial charge in [0.25, 0.3) is 0 Å². The summed E-state index contributed by atoms with van der Waals surface area (Å²) in [6.45, 7) is 2.11. The van der Waals surface area contributed by atoms with E-state index < -0.39 is 4.92 Å². The molecule has 1 aromatic heterocycles. The molecule has 2 N–H and O–H groups in total. The van der Waals surface area contributed by atoms with E-state index >= 15 is 0 Å². The lowest BCUT2D eigenvalue weighted by Gasteiger charge is -2.08. The summed E-state index contributed by atoms with van der Waals surface area (Å²) in [5, 5.41) is 23.0. The first-order chi connectivity index (χ1) is 9.61. The molecule has 20 heavy (non-hydrogen) atoms. The number of hydrogen-bond donors (Lipinski definition) is 2. The summed E-state index contributed by atoms with van der Waals surface area (Å²) >= 11 is 0. The molecule has 0 saturated carbocycles. The van der Waals surface area contributed by atoms with Crippen LogP contribution in [-0.4, -0.2) is 15.0 Å². The number of aliphatic hydroxyl groups is 1. The van der Waals surface area contributed by atoms with Crippen molar-refractivity contribution in [2.24, 2.45) is 0 Å². The molecular formula is C14H15N3O3. The Bertz CT molecular complexity index is 612. The van der Waals surface area contributed by atoms with Crippen LogP contribution in [0.25, 0.3) is 0 Å². The van der Waals surface area contributed by atoms with Crippen LogP contribution in [0, 0.1) is 17.0 Å². The first-order valence-electron chi connectivity index (χ1n) is 6.14. The van der Waals surface area contributed by atoms with Crippen molar-refractivity contribution in [3.05, 3.63) is 63.3 Å². The van der Waals surface area contributed by atoms with Gasteiger partial charge in [-0.1, -0.05) is 24.3 Å². The molecular weight excluding hydrogens is 258 g/mol. The molecule has 0 bridgehead atoms. The van der Waals surface area contributed by atoms with E-state index in [0.717, 1.165) is 11.1 Å². The molecule has 0 atom stereocenters. The van der Waals surface area contributed by atoms with E-state index in [4.69, 9.17) is 5.11 Å². The second kappa shape index (κ2) is 6.12. The number of nitrogens with zero attached hydrogens (tertiary/aromatic N) is 2. The quantitative estimate of drug-likeness (QED) is 0.645. The molecule has 0 aliphatic heterocycles. The van der Waals surface area contributed by atoms with E-state index in [1.165, 1.54) is 0 Å². The molecule has 0 amide bonds. The zero-order chi connectivity index (χ0) is 14.5. The molecule has 1 aromatic carbocycles. The van der Waals surface area contributed by atoms with Crippen LogP contribution < -0.4 is 5.32 Å². The Hall–Kier alpha value is -2.47. The third kappa shape index (κ3) is 3.10. The van der Waals surface area contributed by atoms with E-state index in [2.05, 4.69) is 10.3 Å². The van der Waals surface area contributed by atoms with Crippen molar-refractivity contribution in [1.82, 2.24) is 4.98 Å². The molecule has 6 nitrogen and oxygen atoms in total. The monoisotopic (exact) mass is 273 g/mol. The Morgan fingerprint density at radius 2 is 1.90 bits per heavy atom. The van der Waals surface area contributed by atoms with Crippen molar-refractivity contribution in [3.8, 4) is 0 Å². The molecule has 0 spiro atoms. The van der Waals surface area contributed by atoms with Crippen LogP contribution >= 0.6 is 0 Å². The minimum absolute atomic E-state index is 0.000483. The predicted molar refractivity (Wildman–Crippen MR) is 75.3 cm³/mol. The van der Waals surface area contributed by atoms with Crippen molar-refractivity contribution < 1.29 is 10.0 Å². The summed E-state index contributed by atoms with van der Waals surface area (Å²) < 4.78 is 0. The van der Waals surface area contributed by atoms with E-state index in [0.29, 0.717) is 12.1 Å². The molecule has 2 rings (SSSR count). The Kier molecular flexibility index (Phi) is 4.27. The fraction of sp³-hybridized carbons (Fsp3) is 0.214. The van der Waals surface area contributed by atoms with Crippen molar-refractivity contribution in [1.29, 1.82) is 0 Å². The number of aromatic nitrogens is 1. The lowest BCUT2D eigenvalue weighted by molar-refractivity contribution is -0.384. The third-order valence-electron chi connectivity index (χ3n) is 2.97. The third-order valence-corrected chi connectivity index (χ3v) is 2.97. The highest BCUT2D eigenvalue weighted by Gasteiger charge is 2.17. The maximum absolute atomic E-state index is 11.0. The Balaban J connectivity index is 2.14. The van der Waals surface area contributed by atoms with Crippen LogP contribution in [0.4, 0.5) is 11.5 Å². The van der Waals surface area contributed by atoms with Gasteiger partial charge in [-0.05, 0) is 24.1 Å². The summed E-state index contributed by atoms with van der Waals surface area (Å²) in [7, 11) is 0. The SMILES string of the molecule is Cc1ccnc(NCc2ccc(CO)cc2)c1[N+](=O)[O-]. The molecule has 0 aliphatic carbocycles. The van der Waals surface area contributed by atoms with Gasteiger partial charge in [-0.25, -0.2) is 4.98 Å². The molecule has 6 heteroatoms. The van der Waals surface area contributed by atoms with E-state index in [1.807, 2.05) is 24.3 Å². The number of aliphatic hydroxyl groups excluding tert-OH is 1. The van der Waals surface area contributed by atoms with E-state index in [9.17, 15) is 10.1 Å². The Morgan fingerprint density at radius 3 is 2.50 bits per heavy atom. The lowest BCUT2D eigenvalue weighted by atomic mass is 10.1. The largest absolute Gasteiger partial charge is 0.392 e. The highest BCUT2D eigenvalue weighted by molar-refractivity contribution is 5.59. The fourth-order valence-electron chi connectivity index (χ4n) is 1.86. The summed E-state index contributed by atoms with van der Waals surface area (Å²) in [5.41, 5.74) is 2.36. The summed E-state index contributed by atoms with van der Waals surface area (Å²) in [4.78, 5) is 14.6. The minimum Gasteiger partial charge on any atom is -0.392 e. The number of rotatable bonds is 5. The van der Waals surface area contributed by atoms with Crippen molar-refractivity contribution in [2.45, 2.75) is 20.1 Å². The number of aryl methyl sites for hydroxylation is 1. The van der Waals surface area contributed by atoms with Gasteiger partial charge in [-0.15, -0.1) is 0 Å². The van der Waals surface area contributed by atoms with E-state index in [1.54, 1.807) is 19.2 Å². The number of hydrogen-bond acceptors (Lipinski definition) is 5. The van der Waals surface area contributed by atoms with Crippen LogP contribution in [0.15, 0.2) is 36.5 Å². The summed E-state index contributed by atoms with van der Waals surface area (Å²) in [6.07, 6.45) is 1.54. The molecule has 0 fully saturated rings. The van der Waals surface area contributed by atoms with Gasteiger partial charge >= 0.3 is 5.69 Å². The van der Waals surface area contributed by atoms with Gasteiger partial charge in [0, 0.05) is 18.3 Å². The fourth-order valence-corrected chi connectivity index (χ4v) is 1.86. The molecule has 0 radical (unpaired) electrons. The molecule has 0 saturated heterocycles. The summed E-state index contributed by atoms with van der Waals surface area (Å²) in [6, 6.07) is 8.96. The second-order valence-corrected chi connectivity index (χ2v) is 4.41. The normalized spacial score (nSPS) is 10.3. The van der Waals surface area contributed by atoms with Crippen molar-refractivity contribution in [2.75, 3.05) is 5.32 Å². The molecule has 104 valence electrons. The Morgan fingerprint density at radius 1 is 1.25 bits per heavy atom. The first kappa shape index (κ1) is 14.0. The predicted octanol–water partition coefficient (Wildman–Crippen LogP) is 2.40. The Labute approximate surface area is 116 Å². The molecule has 0 aliphatic rings.